The zero-order valence-corrected chi connectivity index (χ0v) is 17.7. The summed E-state index contributed by atoms with van der Waals surface area (Å²) >= 11 is 1.28. The fraction of sp³-hybridized carbons (Fsp3) is 0.120. The van der Waals surface area contributed by atoms with Gasteiger partial charge in [-0.3, -0.25) is 14.5 Å². The Hall–Kier alpha value is -3.38. The molecule has 1 N–H and O–H groups in total. The number of anilines is 1. The van der Waals surface area contributed by atoms with Crippen molar-refractivity contribution in [2.24, 2.45) is 0 Å². The molecular formula is C25H21FN2O2S. The molecule has 1 aliphatic rings. The highest BCUT2D eigenvalue weighted by molar-refractivity contribution is 8.04. The number of rotatable bonds is 5. The van der Waals surface area contributed by atoms with Gasteiger partial charge < -0.3 is 5.32 Å². The number of fused-ring (bicyclic) bond motifs is 1. The zero-order valence-electron chi connectivity index (χ0n) is 16.9. The van der Waals surface area contributed by atoms with Crippen molar-refractivity contribution in [1.82, 2.24) is 5.32 Å². The van der Waals surface area contributed by atoms with Gasteiger partial charge in [0.15, 0.2) is 0 Å². The molecule has 0 unspecified atom stereocenters. The molecule has 1 atom stereocenters. The number of amides is 2. The standard InChI is InChI=1S/C25H21FN2O2S/c1-17(18-9-3-2-4-10-18)27-24(29)16-28-21-13-7-8-14-22(21)31-23(25(28)30)15-19-11-5-6-12-20(19)26/h2-15,17H,16H2,1H3,(H,27,29)/b23-15-/t17-/m0/s1. The zero-order chi connectivity index (χ0) is 21.8. The predicted molar refractivity (Wildman–Crippen MR) is 122 cm³/mol. The van der Waals surface area contributed by atoms with Crippen LogP contribution in [0.2, 0.25) is 0 Å². The van der Waals surface area contributed by atoms with Crippen LogP contribution in [0.25, 0.3) is 6.08 Å². The number of carbonyl (C=O) groups excluding carboxylic acids is 2. The Bertz CT molecular complexity index is 1150. The van der Waals surface area contributed by atoms with Crippen molar-refractivity contribution in [2.75, 3.05) is 11.4 Å². The third kappa shape index (κ3) is 4.70. The summed E-state index contributed by atoms with van der Waals surface area (Å²) in [6, 6.07) is 23.2. The van der Waals surface area contributed by atoms with Crippen LogP contribution in [-0.2, 0) is 9.59 Å². The largest absolute Gasteiger partial charge is 0.348 e. The fourth-order valence-corrected chi connectivity index (χ4v) is 4.46. The number of hydrogen-bond acceptors (Lipinski definition) is 3. The van der Waals surface area contributed by atoms with Crippen molar-refractivity contribution >= 4 is 35.3 Å². The minimum Gasteiger partial charge on any atom is -0.348 e. The van der Waals surface area contributed by atoms with Gasteiger partial charge in [0.05, 0.1) is 16.6 Å². The van der Waals surface area contributed by atoms with Gasteiger partial charge in [0.25, 0.3) is 5.91 Å². The maximum Gasteiger partial charge on any atom is 0.265 e. The lowest BCUT2D eigenvalue weighted by molar-refractivity contribution is -0.122. The van der Waals surface area contributed by atoms with Crippen LogP contribution in [0.15, 0.2) is 88.7 Å². The maximum atomic E-state index is 14.1. The quantitative estimate of drug-likeness (QED) is 0.565. The molecule has 4 rings (SSSR count). The van der Waals surface area contributed by atoms with Crippen LogP contribution in [0.1, 0.15) is 24.1 Å². The van der Waals surface area contributed by atoms with Gasteiger partial charge in [-0.05, 0) is 36.8 Å². The number of nitrogens with one attached hydrogen (secondary N) is 1. The van der Waals surface area contributed by atoms with Crippen molar-refractivity contribution in [2.45, 2.75) is 17.9 Å². The SMILES string of the molecule is C[C@H](NC(=O)CN1C(=O)/C(=C/c2ccccc2F)Sc2ccccc21)c1ccccc1. The highest BCUT2D eigenvalue weighted by Crippen LogP contribution is 2.42. The summed E-state index contributed by atoms with van der Waals surface area (Å²) in [5, 5.41) is 2.95. The molecule has 31 heavy (non-hydrogen) atoms. The highest BCUT2D eigenvalue weighted by Gasteiger charge is 2.30. The van der Waals surface area contributed by atoms with E-state index >= 15 is 0 Å². The third-order valence-corrected chi connectivity index (χ3v) is 6.08. The first-order valence-electron chi connectivity index (χ1n) is 9.92. The molecule has 0 radical (unpaired) electrons. The Morgan fingerprint density at radius 2 is 1.71 bits per heavy atom. The van der Waals surface area contributed by atoms with E-state index in [0.717, 1.165) is 10.5 Å². The van der Waals surface area contributed by atoms with E-state index < -0.39 is 5.82 Å². The number of carbonyl (C=O) groups is 2. The molecule has 4 nitrogen and oxygen atoms in total. The molecule has 6 heteroatoms. The lowest BCUT2D eigenvalue weighted by atomic mass is 10.1. The summed E-state index contributed by atoms with van der Waals surface area (Å²) < 4.78 is 14.1. The third-order valence-electron chi connectivity index (χ3n) is 5.00. The summed E-state index contributed by atoms with van der Waals surface area (Å²) in [5.74, 6) is -0.991. The molecule has 156 valence electrons. The topological polar surface area (TPSA) is 49.4 Å². The van der Waals surface area contributed by atoms with E-state index in [1.807, 2.05) is 61.5 Å². The second-order valence-electron chi connectivity index (χ2n) is 7.19. The fourth-order valence-electron chi connectivity index (χ4n) is 3.41. The van der Waals surface area contributed by atoms with E-state index in [4.69, 9.17) is 0 Å². The van der Waals surface area contributed by atoms with E-state index in [1.165, 1.54) is 28.8 Å². The molecule has 0 saturated carbocycles. The monoisotopic (exact) mass is 432 g/mol. The van der Waals surface area contributed by atoms with Crippen LogP contribution in [0, 0.1) is 5.82 Å². The average Bonchev–Trinajstić information content (AvgIpc) is 2.78. The molecule has 1 aliphatic heterocycles. The van der Waals surface area contributed by atoms with Crippen LogP contribution in [0.5, 0.6) is 0 Å². The van der Waals surface area contributed by atoms with Crippen molar-refractivity contribution in [3.63, 3.8) is 0 Å². The molecule has 0 bridgehead atoms. The number of hydrogen-bond donors (Lipinski definition) is 1. The minimum atomic E-state index is -0.400. The molecule has 3 aromatic carbocycles. The van der Waals surface area contributed by atoms with E-state index in [9.17, 15) is 14.0 Å². The summed E-state index contributed by atoms with van der Waals surface area (Å²) in [6.07, 6.45) is 1.54. The summed E-state index contributed by atoms with van der Waals surface area (Å²) in [5.41, 5.74) is 1.99. The average molecular weight is 433 g/mol. The molecule has 0 aliphatic carbocycles. The van der Waals surface area contributed by atoms with Gasteiger partial charge in [-0.1, -0.05) is 72.4 Å². The number of halogens is 1. The summed E-state index contributed by atoms with van der Waals surface area (Å²) in [7, 11) is 0. The van der Waals surface area contributed by atoms with Gasteiger partial charge in [0.2, 0.25) is 5.91 Å². The van der Waals surface area contributed by atoms with E-state index in [1.54, 1.807) is 18.2 Å². The van der Waals surface area contributed by atoms with Crippen molar-refractivity contribution in [3.8, 4) is 0 Å². The lowest BCUT2D eigenvalue weighted by Crippen LogP contribution is -2.43. The Labute approximate surface area is 184 Å². The molecule has 1 heterocycles. The normalized spacial score (nSPS) is 15.5. The Morgan fingerprint density at radius 3 is 2.48 bits per heavy atom. The van der Waals surface area contributed by atoms with Crippen molar-refractivity contribution in [1.29, 1.82) is 0 Å². The van der Waals surface area contributed by atoms with Crippen molar-refractivity contribution < 1.29 is 14.0 Å². The van der Waals surface area contributed by atoms with Crippen LogP contribution in [0.3, 0.4) is 0 Å². The second kappa shape index (κ2) is 9.18. The molecular weight excluding hydrogens is 411 g/mol. The van der Waals surface area contributed by atoms with Gasteiger partial charge in [-0.15, -0.1) is 0 Å². The van der Waals surface area contributed by atoms with Gasteiger partial charge in [0.1, 0.15) is 12.4 Å². The Balaban J connectivity index is 1.59. The van der Waals surface area contributed by atoms with E-state index in [-0.39, 0.29) is 24.4 Å². The maximum absolute atomic E-state index is 14.1. The van der Waals surface area contributed by atoms with Crippen LogP contribution in [-0.4, -0.2) is 18.4 Å². The number of para-hydroxylation sites is 1. The van der Waals surface area contributed by atoms with Gasteiger partial charge in [0, 0.05) is 10.5 Å². The van der Waals surface area contributed by atoms with Crippen LogP contribution < -0.4 is 10.2 Å². The van der Waals surface area contributed by atoms with E-state index in [2.05, 4.69) is 5.32 Å². The number of benzene rings is 3. The molecule has 0 spiro atoms. The Kier molecular flexibility index (Phi) is 6.18. The van der Waals surface area contributed by atoms with E-state index in [0.29, 0.717) is 16.2 Å². The molecule has 0 aromatic heterocycles. The summed E-state index contributed by atoms with van der Waals surface area (Å²) in [4.78, 5) is 28.7. The van der Waals surface area contributed by atoms with Gasteiger partial charge >= 0.3 is 0 Å². The minimum absolute atomic E-state index is 0.123. The number of thioether (sulfide) groups is 1. The van der Waals surface area contributed by atoms with Crippen molar-refractivity contribution in [3.05, 3.63) is 101 Å². The first-order valence-corrected chi connectivity index (χ1v) is 10.7. The van der Waals surface area contributed by atoms with Crippen LogP contribution in [0.4, 0.5) is 10.1 Å². The van der Waals surface area contributed by atoms with Gasteiger partial charge in [-0.2, -0.15) is 0 Å². The molecule has 0 fully saturated rings. The highest BCUT2D eigenvalue weighted by atomic mass is 32.2. The molecule has 0 saturated heterocycles. The Morgan fingerprint density at radius 1 is 1.03 bits per heavy atom. The predicted octanol–water partition coefficient (Wildman–Crippen LogP) is 5.18. The van der Waals surface area contributed by atoms with Gasteiger partial charge in [-0.25, -0.2) is 4.39 Å². The second-order valence-corrected chi connectivity index (χ2v) is 8.27. The smallest absolute Gasteiger partial charge is 0.265 e. The number of nitrogens with zero attached hydrogens (tertiary/aromatic N) is 1. The summed E-state index contributed by atoms with van der Waals surface area (Å²) in [6.45, 7) is 1.78. The first-order chi connectivity index (χ1) is 15.0. The first kappa shape index (κ1) is 20.9. The molecule has 3 aromatic rings. The van der Waals surface area contributed by atoms with Crippen LogP contribution >= 0.6 is 11.8 Å². The lowest BCUT2D eigenvalue weighted by Gasteiger charge is -2.30. The molecule has 2 amide bonds.